The summed E-state index contributed by atoms with van der Waals surface area (Å²) in [5.41, 5.74) is 2.18. The first-order valence-corrected chi connectivity index (χ1v) is 14.9. The Hall–Kier alpha value is -2.68. The highest BCUT2D eigenvalue weighted by atomic mass is 35.5. The summed E-state index contributed by atoms with van der Waals surface area (Å²) in [6.45, 7) is 5.35. The van der Waals surface area contributed by atoms with E-state index >= 15 is 0 Å². The molecule has 2 aromatic carbocycles. The molecule has 0 atom stereocenters. The van der Waals surface area contributed by atoms with Crippen LogP contribution >= 0.6 is 45.9 Å². The van der Waals surface area contributed by atoms with E-state index < -0.39 is 5.97 Å². The molecule has 5 nitrogen and oxygen atoms in total. The zero-order valence-corrected chi connectivity index (χ0v) is 24.9. The van der Waals surface area contributed by atoms with E-state index in [4.69, 9.17) is 33.0 Å². The van der Waals surface area contributed by atoms with Crippen molar-refractivity contribution in [2.45, 2.75) is 39.2 Å². The van der Waals surface area contributed by atoms with Gasteiger partial charge in [-0.25, -0.2) is 0 Å². The lowest BCUT2D eigenvalue weighted by atomic mass is 10.2. The lowest BCUT2D eigenvalue weighted by Gasteiger charge is -2.07. The summed E-state index contributed by atoms with van der Waals surface area (Å²) in [4.78, 5) is 26.6. The summed E-state index contributed by atoms with van der Waals surface area (Å²) in [7, 11) is 0. The molecule has 4 aromatic rings. The number of carbonyl (C=O) groups excluding carboxylic acids is 1. The van der Waals surface area contributed by atoms with Crippen molar-refractivity contribution in [2.24, 2.45) is 0 Å². The van der Waals surface area contributed by atoms with Crippen LogP contribution in [-0.4, -0.2) is 36.2 Å². The van der Waals surface area contributed by atoms with Crippen molar-refractivity contribution in [3.8, 4) is 20.9 Å². The predicted molar refractivity (Wildman–Crippen MR) is 163 cm³/mol. The topological polar surface area (TPSA) is 75.6 Å². The number of benzene rings is 2. The minimum atomic E-state index is -0.801. The lowest BCUT2D eigenvalue weighted by molar-refractivity contribution is -0.136. The van der Waals surface area contributed by atoms with E-state index in [1.807, 2.05) is 86.6 Å². The molecule has 206 valence electrons. The third-order valence-electron chi connectivity index (χ3n) is 5.34. The van der Waals surface area contributed by atoms with Crippen LogP contribution in [0.4, 0.5) is 0 Å². The number of rotatable bonds is 11. The molecule has 4 rings (SSSR count). The van der Waals surface area contributed by atoms with E-state index in [1.54, 1.807) is 11.3 Å². The number of carboxylic acid groups (broad SMARTS) is 1. The average molecular weight is 605 g/mol. The van der Waals surface area contributed by atoms with Crippen LogP contribution in [0.2, 0.25) is 10.0 Å². The fourth-order valence-electron chi connectivity index (χ4n) is 3.47. The number of amides is 1. The van der Waals surface area contributed by atoms with E-state index in [2.05, 4.69) is 5.32 Å². The van der Waals surface area contributed by atoms with Gasteiger partial charge < -0.3 is 15.2 Å². The van der Waals surface area contributed by atoms with Gasteiger partial charge in [0.2, 0.25) is 5.91 Å². The van der Waals surface area contributed by atoms with Crippen LogP contribution in [0.1, 0.15) is 30.0 Å². The molecule has 9 heteroatoms. The molecule has 2 heterocycles. The maximum absolute atomic E-state index is 11.9. The third-order valence-corrected chi connectivity index (χ3v) is 8.11. The molecular weight excluding hydrogens is 573 g/mol. The number of halogens is 2. The Morgan fingerprint density at radius 1 is 0.795 bits per heavy atom. The molecule has 0 saturated heterocycles. The Balaban J connectivity index is 0.000000230. The van der Waals surface area contributed by atoms with E-state index in [9.17, 15) is 9.59 Å². The average Bonchev–Trinajstić information content (AvgIpc) is 3.54. The van der Waals surface area contributed by atoms with E-state index in [0.717, 1.165) is 42.1 Å². The maximum Gasteiger partial charge on any atom is 0.308 e. The highest BCUT2D eigenvalue weighted by Crippen LogP contribution is 2.30. The predicted octanol–water partition coefficient (Wildman–Crippen LogP) is 8.24. The van der Waals surface area contributed by atoms with Gasteiger partial charge in [-0.1, -0.05) is 47.5 Å². The molecule has 2 aromatic heterocycles. The molecule has 1 amide bonds. The Kier molecular flexibility index (Phi) is 12.5. The van der Waals surface area contributed by atoms with Gasteiger partial charge in [0.1, 0.15) is 0 Å². The number of ether oxygens (including phenoxy) is 1. The van der Waals surface area contributed by atoms with E-state index in [-0.39, 0.29) is 18.4 Å². The summed E-state index contributed by atoms with van der Waals surface area (Å²) in [6.07, 6.45) is 1.58. The molecule has 0 aliphatic heterocycles. The molecule has 0 fully saturated rings. The van der Waals surface area contributed by atoms with Gasteiger partial charge in [0.05, 0.1) is 18.9 Å². The molecule has 0 unspecified atom stereocenters. The van der Waals surface area contributed by atoms with Gasteiger partial charge in [-0.3, -0.25) is 9.59 Å². The second-order valence-corrected chi connectivity index (χ2v) is 12.1. The number of aliphatic carboxylic acids is 1. The van der Waals surface area contributed by atoms with Crippen molar-refractivity contribution >= 4 is 57.8 Å². The van der Waals surface area contributed by atoms with Crippen LogP contribution in [-0.2, 0) is 27.2 Å². The number of nitrogens with one attached hydrogen (secondary N) is 1. The largest absolute Gasteiger partial charge is 0.481 e. The van der Waals surface area contributed by atoms with Gasteiger partial charge in [-0.05, 0) is 79.9 Å². The van der Waals surface area contributed by atoms with Crippen LogP contribution < -0.4 is 5.32 Å². The number of thiophene rings is 2. The van der Waals surface area contributed by atoms with Crippen molar-refractivity contribution < 1.29 is 19.4 Å². The van der Waals surface area contributed by atoms with Crippen molar-refractivity contribution in [3.05, 3.63) is 92.6 Å². The molecular formula is C30H31Cl2NO4S2. The third kappa shape index (κ3) is 11.1. The summed E-state index contributed by atoms with van der Waals surface area (Å²) in [5.74, 6) is -0.747. The fourth-order valence-corrected chi connectivity index (χ4v) is 5.74. The summed E-state index contributed by atoms with van der Waals surface area (Å²) >= 11 is 14.8. The zero-order valence-electron chi connectivity index (χ0n) is 21.8. The van der Waals surface area contributed by atoms with Crippen molar-refractivity contribution in [2.75, 3.05) is 13.2 Å². The highest BCUT2D eigenvalue weighted by molar-refractivity contribution is 7.15. The maximum atomic E-state index is 11.9. The monoisotopic (exact) mass is 603 g/mol. The Labute approximate surface area is 247 Å². The van der Waals surface area contributed by atoms with Gasteiger partial charge in [-0.15, -0.1) is 22.7 Å². The van der Waals surface area contributed by atoms with Gasteiger partial charge in [0.25, 0.3) is 0 Å². The first-order chi connectivity index (χ1) is 18.7. The lowest BCUT2D eigenvalue weighted by Crippen LogP contribution is -2.26. The standard InChI is InChI=1S/C18H22ClNO2S.C12H9ClO2S/c1-13(2)22-11-3-10-20-18(21)12-16-8-9-17(23-16)14-4-6-15(19)7-5-14;13-9-3-1-8(2-4-9)11-6-5-10(16-11)7-12(14)15/h4-9,13H,3,10-12H2,1-2H3,(H,20,21);1-6H,7H2,(H,14,15). The van der Waals surface area contributed by atoms with Gasteiger partial charge >= 0.3 is 5.97 Å². The number of hydrogen-bond acceptors (Lipinski definition) is 5. The van der Waals surface area contributed by atoms with Crippen LogP contribution in [0.5, 0.6) is 0 Å². The Morgan fingerprint density at radius 3 is 1.74 bits per heavy atom. The molecule has 2 N–H and O–H groups in total. The Morgan fingerprint density at radius 2 is 1.28 bits per heavy atom. The SMILES string of the molecule is CC(C)OCCCNC(=O)Cc1ccc(-c2ccc(Cl)cc2)s1.O=C(O)Cc1ccc(-c2ccc(Cl)cc2)s1. The molecule has 0 bridgehead atoms. The van der Waals surface area contributed by atoms with Crippen molar-refractivity contribution in [1.82, 2.24) is 5.32 Å². The first-order valence-electron chi connectivity index (χ1n) is 12.5. The molecule has 0 aliphatic rings. The van der Waals surface area contributed by atoms with Crippen LogP contribution in [0.25, 0.3) is 20.9 Å². The van der Waals surface area contributed by atoms with Gasteiger partial charge in [0.15, 0.2) is 0 Å². The van der Waals surface area contributed by atoms with Crippen LogP contribution in [0, 0.1) is 0 Å². The van der Waals surface area contributed by atoms with E-state index in [1.165, 1.54) is 11.3 Å². The minimum absolute atomic E-state index is 0.0547. The van der Waals surface area contributed by atoms with Crippen molar-refractivity contribution in [1.29, 1.82) is 0 Å². The van der Waals surface area contributed by atoms with Crippen LogP contribution in [0.3, 0.4) is 0 Å². The second-order valence-electron chi connectivity index (χ2n) is 8.92. The zero-order chi connectivity index (χ0) is 28.2. The van der Waals surface area contributed by atoms with Gasteiger partial charge in [-0.2, -0.15) is 0 Å². The highest BCUT2D eigenvalue weighted by Gasteiger charge is 2.08. The molecule has 0 aliphatic carbocycles. The number of carboxylic acids is 1. The second kappa shape index (κ2) is 15.8. The summed E-state index contributed by atoms with van der Waals surface area (Å²) < 4.78 is 5.44. The van der Waals surface area contributed by atoms with E-state index in [0.29, 0.717) is 24.6 Å². The first kappa shape index (κ1) is 30.9. The summed E-state index contributed by atoms with van der Waals surface area (Å²) in [6, 6.07) is 23.1. The summed E-state index contributed by atoms with van der Waals surface area (Å²) in [5, 5.41) is 13.0. The van der Waals surface area contributed by atoms with Crippen molar-refractivity contribution in [3.63, 3.8) is 0 Å². The molecule has 39 heavy (non-hydrogen) atoms. The fraction of sp³-hybridized carbons (Fsp3) is 0.267. The number of hydrogen-bond donors (Lipinski definition) is 2. The molecule has 0 spiro atoms. The normalized spacial score (nSPS) is 10.7. The quantitative estimate of drug-likeness (QED) is 0.169. The smallest absolute Gasteiger partial charge is 0.308 e. The molecule has 0 radical (unpaired) electrons. The Bertz CT molecular complexity index is 1330. The number of carbonyl (C=O) groups is 2. The minimum Gasteiger partial charge on any atom is -0.481 e. The molecule has 0 saturated carbocycles. The van der Waals surface area contributed by atoms with Crippen LogP contribution in [0.15, 0.2) is 72.8 Å². The van der Waals surface area contributed by atoms with Gasteiger partial charge in [0, 0.05) is 42.7 Å².